The average molecular weight is 343 g/mol. The highest BCUT2D eigenvalue weighted by Crippen LogP contribution is 2.38. The Balaban J connectivity index is 1.57. The van der Waals surface area contributed by atoms with E-state index in [4.69, 9.17) is 0 Å². The summed E-state index contributed by atoms with van der Waals surface area (Å²) >= 11 is 0. The third kappa shape index (κ3) is 3.54. The lowest BCUT2D eigenvalue weighted by Gasteiger charge is -2.29. The van der Waals surface area contributed by atoms with Crippen molar-refractivity contribution in [2.75, 3.05) is 25.0 Å². The van der Waals surface area contributed by atoms with Crippen molar-refractivity contribution in [3.8, 4) is 11.3 Å². The third-order valence-corrected chi connectivity index (χ3v) is 5.46. The Kier molecular flexibility index (Phi) is 4.23. The van der Waals surface area contributed by atoms with E-state index in [1.807, 2.05) is 6.07 Å². The summed E-state index contributed by atoms with van der Waals surface area (Å²) in [7, 11) is 0. The molecule has 2 aromatic heterocycles. The fraction of sp³-hybridized carbons (Fsp3) is 0.579. The van der Waals surface area contributed by atoms with Gasteiger partial charge in [-0.25, -0.2) is 4.98 Å². The first-order valence-electron chi connectivity index (χ1n) is 9.19. The number of hydrogen-bond acceptors (Lipinski definition) is 4. The third-order valence-electron chi connectivity index (χ3n) is 5.46. The minimum absolute atomic E-state index is 0.294. The topological polar surface area (TPSA) is 65.6 Å². The molecule has 0 amide bonds. The fourth-order valence-corrected chi connectivity index (χ4v) is 3.95. The van der Waals surface area contributed by atoms with Gasteiger partial charge in [0.2, 0.25) is 5.95 Å². The molecular formula is C19H26FN5. The molecule has 1 aliphatic heterocycles. The molecule has 1 atom stereocenters. The van der Waals surface area contributed by atoms with E-state index < -0.39 is 5.95 Å². The van der Waals surface area contributed by atoms with Gasteiger partial charge in [0.25, 0.3) is 0 Å². The Bertz CT molecular complexity index is 761. The summed E-state index contributed by atoms with van der Waals surface area (Å²) in [5.41, 5.74) is 4.39. The van der Waals surface area contributed by atoms with Gasteiger partial charge in [-0.1, -0.05) is 13.8 Å². The Morgan fingerprint density at radius 2 is 2.24 bits per heavy atom. The van der Waals surface area contributed by atoms with Crippen molar-refractivity contribution in [3.05, 3.63) is 29.3 Å². The number of aromatic nitrogens is 3. The van der Waals surface area contributed by atoms with Crippen LogP contribution in [0.5, 0.6) is 0 Å². The van der Waals surface area contributed by atoms with Gasteiger partial charge in [0.1, 0.15) is 5.82 Å². The summed E-state index contributed by atoms with van der Waals surface area (Å²) in [5.74, 6) is 0.709. The van der Waals surface area contributed by atoms with E-state index in [1.54, 1.807) is 0 Å². The van der Waals surface area contributed by atoms with E-state index in [9.17, 15) is 4.39 Å². The lowest BCUT2D eigenvalue weighted by molar-refractivity contribution is 0.312. The highest BCUT2D eigenvalue weighted by molar-refractivity contribution is 5.67. The molecule has 0 aromatic carbocycles. The van der Waals surface area contributed by atoms with Crippen molar-refractivity contribution in [2.45, 2.75) is 39.5 Å². The highest BCUT2D eigenvalue weighted by Gasteiger charge is 2.29. The van der Waals surface area contributed by atoms with E-state index in [0.29, 0.717) is 17.2 Å². The molecule has 1 saturated heterocycles. The lowest BCUT2D eigenvalue weighted by atomic mass is 9.76. The number of anilines is 1. The van der Waals surface area contributed by atoms with E-state index in [1.165, 1.54) is 17.3 Å². The van der Waals surface area contributed by atoms with Crippen molar-refractivity contribution in [1.29, 1.82) is 0 Å². The highest BCUT2D eigenvalue weighted by atomic mass is 19.1. The predicted octanol–water partition coefficient (Wildman–Crippen LogP) is 3.15. The van der Waals surface area contributed by atoms with Crippen LogP contribution in [0, 0.1) is 17.3 Å². The Labute approximate surface area is 147 Å². The molecule has 25 heavy (non-hydrogen) atoms. The number of hydrogen-bond donors (Lipinski definition) is 3. The van der Waals surface area contributed by atoms with Crippen LogP contribution < -0.4 is 10.6 Å². The van der Waals surface area contributed by atoms with Crippen LogP contribution in [0.1, 0.15) is 37.9 Å². The fourth-order valence-electron chi connectivity index (χ4n) is 3.95. The van der Waals surface area contributed by atoms with Crippen molar-refractivity contribution in [1.82, 2.24) is 20.5 Å². The summed E-state index contributed by atoms with van der Waals surface area (Å²) in [6.07, 6.45) is 4.25. The van der Waals surface area contributed by atoms with Gasteiger partial charge in [-0.2, -0.15) is 9.49 Å². The maximum Gasteiger partial charge on any atom is 0.215 e. The van der Waals surface area contributed by atoms with Crippen molar-refractivity contribution >= 4 is 5.82 Å². The number of fused-ring (bicyclic) bond motifs is 1. The minimum atomic E-state index is -0.461. The molecule has 5 nitrogen and oxygen atoms in total. The van der Waals surface area contributed by atoms with Crippen LogP contribution in [0.3, 0.4) is 0 Å². The zero-order valence-electron chi connectivity index (χ0n) is 15.0. The second-order valence-electron chi connectivity index (χ2n) is 8.17. The molecule has 3 heterocycles. The second-order valence-corrected chi connectivity index (χ2v) is 8.17. The van der Waals surface area contributed by atoms with Crippen molar-refractivity contribution < 1.29 is 4.39 Å². The van der Waals surface area contributed by atoms with Crippen LogP contribution in [-0.4, -0.2) is 34.8 Å². The van der Waals surface area contributed by atoms with Crippen LogP contribution in [-0.2, 0) is 12.8 Å². The molecule has 2 aliphatic rings. The molecule has 0 spiro atoms. The van der Waals surface area contributed by atoms with Gasteiger partial charge < -0.3 is 10.6 Å². The zero-order valence-corrected chi connectivity index (χ0v) is 15.0. The Morgan fingerprint density at radius 1 is 1.36 bits per heavy atom. The van der Waals surface area contributed by atoms with Crippen LogP contribution in [0.25, 0.3) is 11.3 Å². The second kappa shape index (κ2) is 6.41. The number of halogens is 1. The monoisotopic (exact) mass is 343 g/mol. The van der Waals surface area contributed by atoms with Crippen LogP contribution in [0.2, 0.25) is 0 Å². The van der Waals surface area contributed by atoms with E-state index in [-0.39, 0.29) is 0 Å². The summed E-state index contributed by atoms with van der Waals surface area (Å²) in [6, 6.07) is 3.40. The maximum atomic E-state index is 14.1. The summed E-state index contributed by atoms with van der Waals surface area (Å²) in [5, 5.41) is 14.3. The van der Waals surface area contributed by atoms with E-state index in [0.717, 1.165) is 56.6 Å². The first-order chi connectivity index (χ1) is 12.0. The first-order valence-corrected chi connectivity index (χ1v) is 9.19. The molecule has 0 radical (unpaired) electrons. The number of H-pyrrole nitrogens is 1. The number of pyridine rings is 1. The quantitative estimate of drug-likeness (QED) is 0.746. The first kappa shape index (κ1) is 16.5. The maximum absolute atomic E-state index is 14.1. The molecule has 1 unspecified atom stereocenters. The predicted molar refractivity (Wildman–Crippen MR) is 97.0 cm³/mol. The molecule has 0 saturated carbocycles. The van der Waals surface area contributed by atoms with Gasteiger partial charge in [-0.15, -0.1) is 0 Å². The number of rotatable bonds is 4. The number of nitrogens with one attached hydrogen (secondary N) is 3. The van der Waals surface area contributed by atoms with Crippen LogP contribution in [0.15, 0.2) is 12.1 Å². The molecule has 4 rings (SSSR count). The Hall–Kier alpha value is -1.95. The normalized spacial score (nSPS) is 22.0. The molecule has 1 fully saturated rings. The number of nitrogens with zero attached hydrogens (tertiary/aromatic N) is 2. The van der Waals surface area contributed by atoms with Gasteiger partial charge >= 0.3 is 0 Å². The molecule has 6 heteroatoms. The number of aromatic amines is 1. The van der Waals surface area contributed by atoms with Crippen molar-refractivity contribution in [3.63, 3.8) is 0 Å². The summed E-state index contributed by atoms with van der Waals surface area (Å²) in [6.45, 7) is 7.45. The Morgan fingerprint density at radius 3 is 3.04 bits per heavy atom. The van der Waals surface area contributed by atoms with E-state index >= 15 is 0 Å². The average Bonchev–Trinajstić information content (AvgIpc) is 3.20. The molecule has 1 aliphatic carbocycles. The van der Waals surface area contributed by atoms with Gasteiger partial charge in [-0.05, 0) is 56.2 Å². The zero-order chi connectivity index (χ0) is 17.4. The van der Waals surface area contributed by atoms with Gasteiger partial charge in [0.15, 0.2) is 0 Å². The minimum Gasteiger partial charge on any atom is -0.370 e. The van der Waals surface area contributed by atoms with Gasteiger partial charge in [0.05, 0.1) is 5.69 Å². The van der Waals surface area contributed by atoms with Gasteiger partial charge in [-0.3, -0.25) is 5.10 Å². The standard InChI is InChI=1S/C19H26FN5/c1-19(2)5-3-14-15(9-19)24-25-18(14)13-7-16(20)23-17(8-13)22-11-12-4-6-21-10-12/h7-8,12,21H,3-6,9-11H2,1-2H3,(H,22,23)(H,24,25). The van der Waals surface area contributed by atoms with Crippen LogP contribution in [0.4, 0.5) is 10.2 Å². The van der Waals surface area contributed by atoms with Gasteiger partial charge in [0, 0.05) is 29.4 Å². The molecule has 3 N–H and O–H groups in total. The van der Waals surface area contributed by atoms with Crippen LogP contribution >= 0.6 is 0 Å². The smallest absolute Gasteiger partial charge is 0.215 e. The molecular weight excluding hydrogens is 317 g/mol. The largest absolute Gasteiger partial charge is 0.370 e. The molecule has 134 valence electrons. The summed E-state index contributed by atoms with van der Waals surface area (Å²) in [4.78, 5) is 4.00. The van der Waals surface area contributed by atoms with E-state index in [2.05, 4.69) is 39.7 Å². The van der Waals surface area contributed by atoms with Crippen molar-refractivity contribution in [2.24, 2.45) is 11.3 Å². The molecule has 0 bridgehead atoms. The SMILES string of the molecule is CC1(C)CCc2c(-c3cc(F)nc(NCC4CCNC4)c3)n[nH]c2C1. The summed E-state index contributed by atoms with van der Waals surface area (Å²) < 4.78 is 14.1. The molecule has 2 aromatic rings. The lowest BCUT2D eigenvalue weighted by Crippen LogP contribution is -2.21.